The second-order valence-corrected chi connectivity index (χ2v) is 5.39. The molecule has 0 saturated carbocycles. The smallest absolute Gasteiger partial charge is 0.0833 e. The van der Waals surface area contributed by atoms with E-state index in [4.69, 9.17) is 0 Å². The van der Waals surface area contributed by atoms with Gasteiger partial charge in [-0.3, -0.25) is 0 Å². The Kier molecular flexibility index (Phi) is 13.8. The standard InChI is InChI=1S/C17H33O2/c1-3-5-7-8-9-10-11-13-15-17(19)16(18)14-12-6-4-2/h11,13,16-19H,1,3-10,12,14-15H2,2H3. The molecule has 2 nitrogen and oxygen atoms in total. The summed E-state index contributed by atoms with van der Waals surface area (Å²) in [5, 5.41) is 19.5. The summed E-state index contributed by atoms with van der Waals surface area (Å²) in [4.78, 5) is 0. The second kappa shape index (κ2) is 14.1. The lowest BCUT2D eigenvalue weighted by molar-refractivity contribution is 0.0153. The monoisotopic (exact) mass is 269 g/mol. The van der Waals surface area contributed by atoms with Crippen LogP contribution in [0.25, 0.3) is 0 Å². The predicted octanol–water partition coefficient (Wildman–Crippen LogP) is 4.41. The van der Waals surface area contributed by atoms with Crippen LogP contribution >= 0.6 is 0 Å². The van der Waals surface area contributed by atoms with Crippen molar-refractivity contribution in [3.63, 3.8) is 0 Å². The van der Waals surface area contributed by atoms with Crippen molar-refractivity contribution >= 4 is 0 Å². The largest absolute Gasteiger partial charge is 0.390 e. The molecule has 113 valence electrons. The Balaban J connectivity index is 3.46. The summed E-state index contributed by atoms with van der Waals surface area (Å²) in [5.74, 6) is 0. The summed E-state index contributed by atoms with van der Waals surface area (Å²) < 4.78 is 0. The summed E-state index contributed by atoms with van der Waals surface area (Å²) in [6.07, 6.45) is 14.7. The van der Waals surface area contributed by atoms with Crippen molar-refractivity contribution in [2.45, 2.75) is 89.8 Å². The Morgan fingerprint density at radius 1 is 0.895 bits per heavy atom. The van der Waals surface area contributed by atoms with E-state index in [1.165, 1.54) is 25.7 Å². The molecule has 0 aromatic rings. The Bertz CT molecular complexity index is 201. The molecule has 0 aliphatic heterocycles. The van der Waals surface area contributed by atoms with Gasteiger partial charge in [-0.25, -0.2) is 0 Å². The molecule has 0 heterocycles. The molecule has 0 aromatic heterocycles. The number of unbranched alkanes of at least 4 members (excludes halogenated alkanes) is 7. The maximum Gasteiger partial charge on any atom is 0.0833 e. The van der Waals surface area contributed by atoms with Crippen molar-refractivity contribution in [1.29, 1.82) is 0 Å². The number of hydrogen-bond acceptors (Lipinski definition) is 2. The van der Waals surface area contributed by atoms with E-state index in [-0.39, 0.29) is 0 Å². The SMILES string of the molecule is [CH2]CCCCCCC=CCC(O)C(O)CCCCC. The van der Waals surface area contributed by atoms with Crippen LogP contribution in [-0.4, -0.2) is 22.4 Å². The molecule has 0 aliphatic rings. The number of aliphatic hydroxyl groups is 2. The van der Waals surface area contributed by atoms with Gasteiger partial charge < -0.3 is 10.2 Å². The molecule has 0 amide bonds. The molecule has 2 heteroatoms. The molecule has 1 radical (unpaired) electrons. The van der Waals surface area contributed by atoms with Gasteiger partial charge in [0.25, 0.3) is 0 Å². The topological polar surface area (TPSA) is 40.5 Å². The van der Waals surface area contributed by atoms with E-state index in [0.717, 1.165) is 32.1 Å². The van der Waals surface area contributed by atoms with E-state index in [2.05, 4.69) is 19.9 Å². The van der Waals surface area contributed by atoms with Crippen molar-refractivity contribution in [3.8, 4) is 0 Å². The molecule has 0 rings (SSSR count). The van der Waals surface area contributed by atoms with Crippen molar-refractivity contribution in [1.82, 2.24) is 0 Å². The first kappa shape index (κ1) is 18.7. The van der Waals surface area contributed by atoms with Gasteiger partial charge in [0.2, 0.25) is 0 Å². The minimum absolute atomic E-state index is 0.562. The molecule has 0 aromatic carbocycles. The fourth-order valence-corrected chi connectivity index (χ4v) is 2.10. The number of rotatable bonds is 13. The van der Waals surface area contributed by atoms with Gasteiger partial charge >= 0.3 is 0 Å². The molecule has 2 atom stereocenters. The molecule has 19 heavy (non-hydrogen) atoms. The van der Waals surface area contributed by atoms with Crippen LogP contribution < -0.4 is 0 Å². The van der Waals surface area contributed by atoms with Gasteiger partial charge in [0.05, 0.1) is 12.2 Å². The first-order chi connectivity index (χ1) is 9.22. The van der Waals surface area contributed by atoms with Gasteiger partial charge in [-0.05, 0) is 25.7 Å². The summed E-state index contributed by atoms with van der Waals surface area (Å²) in [6.45, 7) is 5.97. The van der Waals surface area contributed by atoms with Gasteiger partial charge in [-0.15, -0.1) is 0 Å². The summed E-state index contributed by atoms with van der Waals surface area (Å²) in [7, 11) is 0. The van der Waals surface area contributed by atoms with Crippen molar-refractivity contribution in [2.75, 3.05) is 0 Å². The van der Waals surface area contributed by atoms with Gasteiger partial charge in [0, 0.05) is 0 Å². The van der Waals surface area contributed by atoms with Gasteiger partial charge in [0.1, 0.15) is 0 Å². The maximum atomic E-state index is 9.78. The normalized spacial score (nSPS) is 14.9. The zero-order valence-electron chi connectivity index (χ0n) is 12.7. The molecular weight excluding hydrogens is 236 g/mol. The van der Waals surface area contributed by atoms with Gasteiger partial charge in [-0.1, -0.05) is 70.9 Å². The highest BCUT2D eigenvalue weighted by atomic mass is 16.3. The zero-order valence-corrected chi connectivity index (χ0v) is 12.7. The molecule has 2 unspecified atom stereocenters. The third kappa shape index (κ3) is 12.4. The third-order valence-corrected chi connectivity index (χ3v) is 3.46. The van der Waals surface area contributed by atoms with Crippen LogP contribution in [0.15, 0.2) is 12.2 Å². The molecule has 0 fully saturated rings. The van der Waals surface area contributed by atoms with Crippen LogP contribution in [0.2, 0.25) is 0 Å². The maximum absolute atomic E-state index is 9.78. The molecule has 2 N–H and O–H groups in total. The van der Waals surface area contributed by atoms with Crippen molar-refractivity contribution in [2.24, 2.45) is 0 Å². The first-order valence-corrected chi connectivity index (χ1v) is 8.02. The van der Waals surface area contributed by atoms with Crippen LogP contribution in [-0.2, 0) is 0 Å². The Morgan fingerprint density at radius 2 is 1.63 bits per heavy atom. The fraction of sp³-hybridized carbons (Fsp3) is 0.824. The third-order valence-electron chi connectivity index (χ3n) is 3.46. The quantitative estimate of drug-likeness (QED) is 0.384. The van der Waals surface area contributed by atoms with E-state index in [1.54, 1.807) is 0 Å². The molecule has 0 bridgehead atoms. The van der Waals surface area contributed by atoms with Gasteiger partial charge in [-0.2, -0.15) is 0 Å². The average Bonchev–Trinajstić information content (AvgIpc) is 2.41. The van der Waals surface area contributed by atoms with Crippen molar-refractivity contribution < 1.29 is 10.2 Å². The summed E-state index contributed by atoms with van der Waals surface area (Å²) in [6, 6.07) is 0. The molecule has 0 saturated heterocycles. The van der Waals surface area contributed by atoms with Crippen LogP contribution in [0.3, 0.4) is 0 Å². The van der Waals surface area contributed by atoms with E-state index in [9.17, 15) is 10.2 Å². The predicted molar refractivity (Wildman–Crippen MR) is 83.0 cm³/mol. The van der Waals surface area contributed by atoms with Crippen LogP contribution in [0.4, 0.5) is 0 Å². The van der Waals surface area contributed by atoms with E-state index in [0.29, 0.717) is 12.8 Å². The highest BCUT2D eigenvalue weighted by molar-refractivity contribution is 4.86. The second-order valence-electron chi connectivity index (χ2n) is 5.39. The fourth-order valence-electron chi connectivity index (χ4n) is 2.10. The molecular formula is C17H33O2. The number of allylic oxidation sites excluding steroid dienone is 1. The van der Waals surface area contributed by atoms with E-state index < -0.39 is 12.2 Å². The summed E-state index contributed by atoms with van der Waals surface area (Å²) in [5.41, 5.74) is 0. The first-order valence-electron chi connectivity index (χ1n) is 8.02. The Labute approximate surface area is 119 Å². The van der Waals surface area contributed by atoms with E-state index >= 15 is 0 Å². The van der Waals surface area contributed by atoms with Crippen LogP contribution in [0.5, 0.6) is 0 Å². The summed E-state index contributed by atoms with van der Waals surface area (Å²) >= 11 is 0. The lowest BCUT2D eigenvalue weighted by Gasteiger charge is -2.15. The molecule has 0 aliphatic carbocycles. The van der Waals surface area contributed by atoms with Gasteiger partial charge in [0.15, 0.2) is 0 Å². The minimum atomic E-state index is -0.598. The zero-order chi connectivity index (χ0) is 14.3. The minimum Gasteiger partial charge on any atom is -0.390 e. The highest BCUT2D eigenvalue weighted by Crippen LogP contribution is 2.10. The number of hydrogen-bond donors (Lipinski definition) is 2. The van der Waals surface area contributed by atoms with Crippen molar-refractivity contribution in [3.05, 3.63) is 19.1 Å². The number of aliphatic hydroxyl groups excluding tert-OH is 2. The Hall–Kier alpha value is -0.340. The molecule has 0 spiro atoms. The lowest BCUT2D eigenvalue weighted by atomic mass is 10.0. The van der Waals surface area contributed by atoms with Crippen LogP contribution in [0, 0.1) is 6.92 Å². The highest BCUT2D eigenvalue weighted by Gasteiger charge is 2.13. The average molecular weight is 269 g/mol. The Morgan fingerprint density at radius 3 is 2.32 bits per heavy atom. The lowest BCUT2D eigenvalue weighted by Crippen LogP contribution is -2.25. The van der Waals surface area contributed by atoms with Crippen LogP contribution in [0.1, 0.15) is 77.6 Å². The van der Waals surface area contributed by atoms with E-state index in [1.807, 2.05) is 6.08 Å².